The maximum absolute atomic E-state index is 12.2. The summed E-state index contributed by atoms with van der Waals surface area (Å²) in [4.78, 5) is 24.5. The van der Waals surface area contributed by atoms with E-state index in [-0.39, 0.29) is 12.2 Å². The molecule has 0 aliphatic carbocycles. The van der Waals surface area contributed by atoms with Gasteiger partial charge in [0.05, 0.1) is 7.11 Å². The first kappa shape index (κ1) is 20.2. The molecule has 2 aromatic carbocycles. The molecule has 2 aromatic rings. The summed E-state index contributed by atoms with van der Waals surface area (Å²) in [5.74, 6) is -1.90. The van der Waals surface area contributed by atoms with E-state index in [9.17, 15) is 9.59 Å². The van der Waals surface area contributed by atoms with Crippen molar-refractivity contribution in [1.82, 2.24) is 0 Å². The average molecular weight is 394 g/mol. The number of benzene rings is 2. The number of cyclic esters (lactones) is 2. The predicted octanol–water partition coefficient (Wildman–Crippen LogP) is 4.01. The second-order valence-corrected chi connectivity index (χ2v) is 6.74. The van der Waals surface area contributed by atoms with E-state index in [0.29, 0.717) is 17.1 Å². The molecule has 1 heterocycles. The van der Waals surface area contributed by atoms with Crippen molar-refractivity contribution in [3.63, 3.8) is 0 Å². The molecule has 29 heavy (non-hydrogen) atoms. The summed E-state index contributed by atoms with van der Waals surface area (Å²) in [6, 6.07) is 15.0. The Kier molecular flexibility index (Phi) is 6.02. The van der Waals surface area contributed by atoms with Crippen molar-refractivity contribution < 1.29 is 28.5 Å². The topological polar surface area (TPSA) is 71.1 Å². The molecular weight excluding hydrogens is 372 g/mol. The quantitative estimate of drug-likeness (QED) is 0.419. The predicted molar refractivity (Wildman–Crippen MR) is 108 cm³/mol. The summed E-state index contributed by atoms with van der Waals surface area (Å²) in [6.45, 7) is 3.27. The first-order valence-corrected chi connectivity index (χ1v) is 9.09. The molecule has 1 aliphatic heterocycles. The first-order valence-electron chi connectivity index (χ1n) is 9.09. The highest BCUT2D eigenvalue weighted by atomic mass is 16.7. The van der Waals surface area contributed by atoms with Gasteiger partial charge in [-0.2, -0.15) is 0 Å². The van der Waals surface area contributed by atoms with Gasteiger partial charge in [-0.15, -0.1) is 0 Å². The van der Waals surface area contributed by atoms with Gasteiger partial charge in [0.2, 0.25) is 0 Å². The zero-order chi connectivity index (χ0) is 20.9. The largest absolute Gasteiger partial charge is 0.493 e. The van der Waals surface area contributed by atoms with Crippen LogP contribution < -0.4 is 9.47 Å². The standard InChI is InChI=1S/C23H22O6/c1-23(2)28-21(24)18(22(25)29-23)15-17-12-7-13-19(26-3)20(17)27-14-8-11-16-9-5-4-6-10-16/h4-13,15H,14H2,1-3H3. The van der Waals surface area contributed by atoms with Crippen LogP contribution in [0.2, 0.25) is 0 Å². The number of methoxy groups -OCH3 is 1. The lowest BCUT2D eigenvalue weighted by Crippen LogP contribution is -2.41. The van der Waals surface area contributed by atoms with Crippen molar-refractivity contribution in [3.8, 4) is 11.5 Å². The lowest BCUT2D eigenvalue weighted by molar-refractivity contribution is -0.222. The third kappa shape index (κ3) is 5.04. The Morgan fingerprint density at radius 2 is 1.66 bits per heavy atom. The molecule has 0 radical (unpaired) electrons. The van der Waals surface area contributed by atoms with Gasteiger partial charge in [-0.1, -0.05) is 48.5 Å². The molecule has 0 N–H and O–H groups in total. The van der Waals surface area contributed by atoms with E-state index in [2.05, 4.69) is 0 Å². The molecule has 6 heteroatoms. The molecule has 0 spiro atoms. The van der Waals surface area contributed by atoms with Crippen molar-refractivity contribution in [2.24, 2.45) is 0 Å². The molecule has 0 saturated carbocycles. The lowest BCUT2D eigenvalue weighted by Gasteiger charge is -2.29. The van der Waals surface area contributed by atoms with Crippen LogP contribution in [0, 0.1) is 0 Å². The van der Waals surface area contributed by atoms with Crippen LogP contribution in [0.3, 0.4) is 0 Å². The normalized spacial score (nSPS) is 15.6. The molecule has 1 aliphatic rings. The van der Waals surface area contributed by atoms with Crippen LogP contribution in [-0.4, -0.2) is 31.4 Å². The maximum atomic E-state index is 12.2. The van der Waals surface area contributed by atoms with Gasteiger partial charge in [-0.05, 0) is 23.8 Å². The van der Waals surface area contributed by atoms with Crippen LogP contribution in [0.5, 0.6) is 11.5 Å². The van der Waals surface area contributed by atoms with Crippen LogP contribution in [-0.2, 0) is 19.1 Å². The summed E-state index contributed by atoms with van der Waals surface area (Å²) >= 11 is 0. The monoisotopic (exact) mass is 394 g/mol. The fourth-order valence-corrected chi connectivity index (χ4v) is 2.78. The van der Waals surface area contributed by atoms with Gasteiger partial charge in [0.1, 0.15) is 12.2 Å². The molecule has 0 bridgehead atoms. The van der Waals surface area contributed by atoms with Gasteiger partial charge in [0.15, 0.2) is 11.5 Å². The zero-order valence-corrected chi connectivity index (χ0v) is 16.5. The van der Waals surface area contributed by atoms with Gasteiger partial charge >= 0.3 is 11.9 Å². The smallest absolute Gasteiger partial charge is 0.348 e. The molecule has 0 unspecified atom stereocenters. The van der Waals surface area contributed by atoms with Crippen LogP contribution in [0.1, 0.15) is 25.0 Å². The molecule has 6 nitrogen and oxygen atoms in total. The molecular formula is C23H22O6. The van der Waals surface area contributed by atoms with Crippen molar-refractivity contribution in [2.45, 2.75) is 19.6 Å². The number of ether oxygens (including phenoxy) is 4. The van der Waals surface area contributed by atoms with E-state index in [1.807, 2.05) is 42.5 Å². The van der Waals surface area contributed by atoms with Crippen molar-refractivity contribution >= 4 is 24.1 Å². The second-order valence-electron chi connectivity index (χ2n) is 6.74. The summed E-state index contributed by atoms with van der Waals surface area (Å²) in [5, 5.41) is 0. The lowest BCUT2D eigenvalue weighted by atomic mass is 10.1. The Balaban J connectivity index is 1.84. The van der Waals surface area contributed by atoms with E-state index in [1.165, 1.54) is 27.0 Å². The van der Waals surface area contributed by atoms with Gasteiger partial charge < -0.3 is 18.9 Å². The van der Waals surface area contributed by atoms with E-state index in [0.717, 1.165) is 5.56 Å². The number of rotatable bonds is 6. The van der Waals surface area contributed by atoms with Crippen LogP contribution >= 0.6 is 0 Å². The van der Waals surface area contributed by atoms with Crippen molar-refractivity contribution in [2.75, 3.05) is 13.7 Å². The van der Waals surface area contributed by atoms with Gasteiger partial charge in [-0.3, -0.25) is 0 Å². The molecule has 150 valence electrons. The van der Waals surface area contributed by atoms with Gasteiger partial charge in [-0.25, -0.2) is 9.59 Å². The highest BCUT2D eigenvalue weighted by molar-refractivity contribution is 6.19. The summed E-state index contributed by atoms with van der Waals surface area (Å²) < 4.78 is 21.5. The van der Waals surface area contributed by atoms with Gasteiger partial charge in [0, 0.05) is 19.4 Å². The minimum atomic E-state index is -1.29. The number of esters is 2. The number of carbonyl (C=O) groups is 2. The SMILES string of the molecule is COc1cccc(C=C2C(=O)OC(C)(C)OC2=O)c1OCC=Cc1ccccc1. The Bertz CT molecular complexity index is 935. The Morgan fingerprint density at radius 3 is 2.31 bits per heavy atom. The Morgan fingerprint density at radius 1 is 0.966 bits per heavy atom. The number of hydrogen-bond donors (Lipinski definition) is 0. The maximum Gasteiger partial charge on any atom is 0.348 e. The fraction of sp³-hybridized carbons (Fsp3) is 0.217. The van der Waals surface area contributed by atoms with E-state index in [1.54, 1.807) is 18.2 Å². The number of hydrogen-bond acceptors (Lipinski definition) is 6. The van der Waals surface area contributed by atoms with Crippen LogP contribution in [0.25, 0.3) is 12.2 Å². The third-order valence-electron chi connectivity index (χ3n) is 4.08. The third-order valence-corrected chi connectivity index (χ3v) is 4.08. The van der Waals surface area contributed by atoms with Crippen molar-refractivity contribution in [3.05, 3.63) is 71.3 Å². The minimum absolute atomic E-state index is 0.206. The molecule has 0 aromatic heterocycles. The summed E-state index contributed by atoms with van der Waals surface area (Å²) in [5.41, 5.74) is 1.34. The molecule has 0 amide bonds. The molecule has 0 atom stereocenters. The van der Waals surface area contributed by atoms with E-state index in [4.69, 9.17) is 18.9 Å². The van der Waals surface area contributed by atoms with E-state index < -0.39 is 17.7 Å². The van der Waals surface area contributed by atoms with Gasteiger partial charge in [0.25, 0.3) is 5.79 Å². The van der Waals surface area contributed by atoms with E-state index >= 15 is 0 Å². The highest BCUT2D eigenvalue weighted by Crippen LogP contribution is 2.34. The molecule has 1 fully saturated rings. The zero-order valence-electron chi connectivity index (χ0n) is 16.5. The van der Waals surface area contributed by atoms with Crippen molar-refractivity contribution in [1.29, 1.82) is 0 Å². The Labute approximate surface area is 169 Å². The minimum Gasteiger partial charge on any atom is -0.493 e. The Hall–Kier alpha value is -3.54. The summed E-state index contributed by atoms with van der Waals surface area (Å²) in [7, 11) is 1.52. The number of carbonyl (C=O) groups excluding carboxylic acids is 2. The summed E-state index contributed by atoms with van der Waals surface area (Å²) in [6.07, 6.45) is 5.19. The fourth-order valence-electron chi connectivity index (χ4n) is 2.78. The first-order chi connectivity index (χ1) is 13.9. The number of para-hydroxylation sites is 1. The second kappa shape index (κ2) is 8.65. The van der Waals surface area contributed by atoms with Crippen LogP contribution in [0.15, 0.2) is 60.2 Å². The molecule has 3 rings (SSSR count). The highest BCUT2D eigenvalue weighted by Gasteiger charge is 2.39. The molecule has 1 saturated heterocycles. The average Bonchev–Trinajstić information content (AvgIpc) is 2.68. The van der Waals surface area contributed by atoms with Crippen LogP contribution in [0.4, 0.5) is 0 Å².